The molecule has 1 aromatic rings. The van der Waals surface area contributed by atoms with E-state index in [1.165, 1.54) is 0 Å². The van der Waals surface area contributed by atoms with Crippen molar-refractivity contribution in [2.75, 3.05) is 26.7 Å². The maximum Gasteiger partial charge on any atom is 0.410 e. The zero-order chi connectivity index (χ0) is 16.8. The number of amides is 2. The lowest BCUT2D eigenvalue weighted by Crippen LogP contribution is -2.49. The summed E-state index contributed by atoms with van der Waals surface area (Å²) >= 11 is 0. The molecule has 0 aromatic carbocycles. The Morgan fingerprint density at radius 2 is 1.91 bits per heavy atom. The first kappa shape index (κ1) is 15.6. The van der Waals surface area contributed by atoms with Crippen LogP contribution in [0.4, 0.5) is 4.79 Å². The van der Waals surface area contributed by atoms with Gasteiger partial charge < -0.3 is 19.5 Å². The predicted molar refractivity (Wildman–Crippen MR) is 83.5 cm³/mol. The molecule has 7 nitrogen and oxygen atoms in total. The number of likely N-dealkylation sites (tertiary alicyclic amines) is 1. The third-order valence-corrected chi connectivity index (χ3v) is 4.68. The minimum Gasteiger partial charge on any atom is -0.441 e. The number of carbonyl (C=O) groups is 2. The molecule has 0 unspecified atom stereocenters. The number of likely N-dealkylation sites (N-methyl/N-ethyl adjacent to an activating group) is 1. The molecule has 0 aliphatic carbocycles. The first-order chi connectivity index (χ1) is 10.8. The van der Waals surface area contributed by atoms with Crippen molar-refractivity contribution >= 4 is 12.0 Å². The average molecular weight is 319 g/mol. The van der Waals surface area contributed by atoms with Crippen LogP contribution in [0.2, 0.25) is 0 Å². The summed E-state index contributed by atoms with van der Waals surface area (Å²) < 4.78 is 5.48. The minimum absolute atomic E-state index is 0.201. The first-order valence-corrected chi connectivity index (χ1v) is 7.75. The van der Waals surface area contributed by atoms with Gasteiger partial charge in [0.2, 0.25) is 0 Å². The summed E-state index contributed by atoms with van der Waals surface area (Å²) in [6, 6.07) is 1.80. The van der Waals surface area contributed by atoms with E-state index >= 15 is 0 Å². The number of aromatic nitrogens is 1. The molecule has 124 valence electrons. The number of aromatic amines is 1. The van der Waals surface area contributed by atoms with E-state index in [0.29, 0.717) is 38.0 Å². The highest BCUT2D eigenvalue weighted by Crippen LogP contribution is 2.32. The van der Waals surface area contributed by atoms with Crippen molar-refractivity contribution in [1.29, 1.82) is 0 Å². The van der Waals surface area contributed by atoms with E-state index in [1.807, 2.05) is 0 Å². The van der Waals surface area contributed by atoms with Gasteiger partial charge in [0.05, 0.1) is 6.54 Å². The summed E-state index contributed by atoms with van der Waals surface area (Å²) in [4.78, 5) is 42.3. The Hall–Kier alpha value is -2.31. The number of pyridine rings is 1. The third kappa shape index (κ3) is 2.71. The molecule has 2 fully saturated rings. The van der Waals surface area contributed by atoms with Gasteiger partial charge in [-0.15, -0.1) is 0 Å². The Balaban J connectivity index is 1.75. The number of carbonyl (C=O) groups excluding carboxylic acids is 2. The number of nitrogens with zero attached hydrogens (tertiary/aromatic N) is 2. The van der Waals surface area contributed by atoms with E-state index in [-0.39, 0.29) is 23.1 Å². The van der Waals surface area contributed by atoms with E-state index in [0.717, 1.165) is 5.69 Å². The normalized spacial score (nSPS) is 20.0. The second-order valence-electron chi connectivity index (χ2n) is 6.54. The van der Waals surface area contributed by atoms with Gasteiger partial charge in [-0.05, 0) is 25.5 Å². The second-order valence-corrected chi connectivity index (χ2v) is 6.54. The number of piperidine rings is 1. The van der Waals surface area contributed by atoms with E-state index < -0.39 is 5.60 Å². The fourth-order valence-corrected chi connectivity index (χ4v) is 3.45. The van der Waals surface area contributed by atoms with Gasteiger partial charge in [0.15, 0.2) is 0 Å². The molecule has 2 amide bonds. The van der Waals surface area contributed by atoms with Crippen LogP contribution in [-0.4, -0.2) is 59.1 Å². The summed E-state index contributed by atoms with van der Waals surface area (Å²) in [6.07, 6.45) is 0.880. The van der Waals surface area contributed by atoms with Crippen LogP contribution in [-0.2, 0) is 4.74 Å². The molecule has 2 aliphatic rings. The quantitative estimate of drug-likeness (QED) is 0.839. The summed E-state index contributed by atoms with van der Waals surface area (Å²) in [7, 11) is 1.71. The van der Waals surface area contributed by atoms with Gasteiger partial charge in [-0.25, -0.2) is 4.79 Å². The van der Waals surface area contributed by atoms with Gasteiger partial charge in [-0.1, -0.05) is 0 Å². The molecule has 3 rings (SSSR count). The Morgan fingerprint density at radius 3 is 2.43 bits per heavy atom. The van der Waals surface area contributed by atoms with Gasteiger partial charge >= 0.3 is 6.09 Å². The number of rotatable bonds is 1. The van der Waals surface area contributed by atoms with Crippen molar-refractivity contribution in [3.8, 4) is 0 Å². The third-order valence-electron chi connectivity index (χ3n) is 4.68. The fourth-order valence-electron chi connectivity index (χ4n) is 3.45. The zero-order valence-electron chi connectivity index (χ0n) is 13.6. The van der Waals surface area contributed by atoms with Crippen molar-refractivity contribution in [1.82, 2.24) is 14.8 Å². The molecule has 0 saturated carbocycles. The van der Waals surface area contributed by atoms with E-state index in [1.54, 1.807) is 36.8 Å². The van der Waals surface area contributed by atoms with E-state index in [9.17, 15) is 14.4 Å². The molecule has 7 heteroatoms. The lowest BCUT2D eigenvalue weighted by Gasteiger charge is -2.37. The van der Waals surface area contributed by atoms with Gasteiger partial charge in [0, 0.05) is 38.7 Å². The molecule has 2 saturated heterocycles. The highest BCUT2D eigenvalue weighted by atomic mass is 16.6. The van der Waals surface area contributed by atoms with Crippen molar-refractivity contribution in [2.45, 2.75) is 32.3 Å². The monoisotopic (exact) mass is 319 g/mol. The lowest BCUT2D eigenvalue weighted by molar-refractivity contribution is 0.00311. The molecule has 1 N–H and O–H groups in total. The van der Waals surface area contributed by atoms with Crippen LogP contribution in [0.5, 0.6) is 0 Å². The molecule has 1 spiro atoms. The summed E-state index contributed by atoms with van der Waals surface area (Å²) in [5.41, 5.74) is 0.787. The smallest absolute Gasteiger partial charge is 0.410 e. The Kier molecular flexibility index (Phi) is 3.66. The average Bonchev–Trinajstić information content (AvgIpc) is 2.72. The van der Waals surface area contributed by atoms with Gasteiger partial charge in [0.1, 0.15) is 11.2 Å². The van der Waals surface area contributed by atoms with Crippen LogP contribution < -0.4 is 5.56 Å². The maximum absolute atomic E-state index is 12.7. The molecule has 23 heavy (non-hydrogen) atoms. The maximum atomic E-state index is 12.7. The van der Waals surface area contributed by atoms with Crippen LogP contribution in [0.1, 0.15) is 34.5 Å². The highest BCUT2D eigenvalue weighted by molar-refractivity contribution is 5.95. The molecule has 3 heterocycles. The van der Waals surface area contributed by atoms with Crippen LogP contribution in [0, 0.1) is 13.8 Å². The van der Waals surface area contributed by atoms with Crippen molar-refractivity contribution in [3.05, 3.63) is 33.2 Å². The lowest BCUT2D eigenvalue weighted by atomic mass is 9.91. The molecule has 1 aromatic heterocycles. The number of hydrogen-bond donors (Lipinski definition) is 1. The van der Waals surface area contributed by atoms with Crippen molar-refractivity contribution in [2.24, 2.45) is 0 Å². The second kappa shape index (κ2) is 5.40. The number of ether oxygens (including phenoxy) is 1. The Bertz CT molecular complexity index is 717. The van der Waals surface area contributed by atoms with Crippen LogP contribution >= 0.6 is 0 Å². The highest BCUT2D eigenvalue weighted by Gasteiger charge is 2.46. The number of nitrogens with one attached hydrogen (secondary N) is 1. The van der Waals surface area contributed by atoms with Crippen molar-refractivity contribution < 1.29 is 14.3 Å². The van der Waals surface area contributed by atoms with Crippen LogP contribution in [0.3, 0.4) is 0 Å². The zero-order valence-corrected chi connectivity index (χ0v) is 13.6. The molecule has 0 radical (unpaired) electrons. The van der Waals surface area contributed by atoms with Gasteiger partial charge in [0.25, 0.3) is 11.5 Å². The van der Waals surface area contributed by atoms with Crippen molar-refractivity contribution in [3.63, 3.8) is 0 Å². The topological polar surface area (TPSA) is 82.7 Å². The number of H-pyrrole nitrogens is 1. The van der Waals surface area contributed by atoms with Gasteiger partial charge in [-0.2, -0.15) is 0 Å². The van der Waals surface area contributed by atoms with Gasteiger partial charge in [-0.3, -0.25) is 9.59 Å². The Labute approximate surface area is 134 Å². The fraction of sp³-hybridized carbons (Fsp3) is 0.562. The first-order valence-electron chi connectivity index (χ1n) is 7.75. The minimum atomic E-state index is -0.489. The molecule has 0 bridgehead atoms. The summed E-state index contributed by atoms with van der Waals surface area (Å²) in [5, 5.41) is 0. The van der Waals surface area contributed by atoms with Crippen LogP contribution in [0.25, 0.3) is 0 Å². The largest absolute Gasteiger partial charge is 0.441 e. The summed E-state index contributed by atoms with van der Waals surface area (Å²) in [6.45, 7) is 5.07. The van der Waals surface area contributed by atoms with Crippen LogP contribution in [0.15, 0.2) is 10.9 Å². The van der Waals surface area contributed by atoms with E-state index in [4.69, 9.17) is 4.74 Å². The molecule has 0 atom stereocenters. The predicted octanol–water partition coefficient (Wildman–Crippen LogP) is 1.05. The van der Waals surface area contributed by atoms with E-state index in [2.05, 4.69) is 4.98 Å². The SMILES string of the molecule is Cc1cc(C)c(C(=O)N2CCC3(CC2)CN(C)C(=O)O3)c(=O)[nH]1. The molecular formula is C16H21N3O4. The Morgan fingerprint density at radius 1 is 1.26 bits per heavy atom. The standard InChI is InChI=1S/C16H21N3O4/c1-10-8-11(2)17-13(20)12(10)14(21)19-6-4-16(5-7-19)9-18(3)15(22)23-16/h8H,4-7,9H2,1-3H3,(H,17,20). The number of hydrogen-bond acceptors (Lipinski definition) is 4. The molecule has 2 aliphatic heterocycles. The molecular weight excluding hydrogens is 298 g/mol. The summed E-state index contributed by atoms with van der Waals surface area (Å²) in [5.74, 6) is -0.253. The number of aryl methyl sites for hydroxylation is 2.